The third-order valence-electron chi connectivity index (χ3n) is 3.28. The fourth-order valence-corrected chi connectivity index (χ4v) is 2.87. The first-order valence-corrected chi connectivity index (χ1v) is 7.20. The zero-order valence-corrected chi connectivity index (χ0v) is 11.3. The minimum atomic E-state index is -0.829. The van der Waals surface area contributed by atoms with Crippen LogP contribution in [0.3, 0.4) is 0 Å². The lowest BCUT2D eigenvalue weighted by Gasteiger charge is -2.29. The van der Waals surface area contributed by atoms with Crippen LogP contribution in [0, 0.1) is 5.92 Å². The van der Waals surface area contributed by atoms with Crippen LogP contribution in [-0.4, -0.2) is 28.1 Å². The topological polar surface area (TPSA) is 91.3 Å². The molecule has 0 aromatic carbocycles. The Balaban J connectivity index is 1.81. The molecular formula is C12H17N3O3S. The minimum absolute atomic E-state index is 0.275. The highest BCUT2D eigenvalue weighted by atomic mass is 32.1. The maximum atomic E-state index is 11.7. The van der Waals surface area contributed by atoms with Crippen molar-refractivity contribution in [3.63, 3.8) is 0 Å². The van der Waals surface area contributed by atoms with Gasteiger partial charge in [0.05, 0.1) is 12.5 Å². The van der Waals surface area contributed by atoms with Crippen molar-refractivity contribution < 1.29 is 14.7 Å². The highest BCUT2D eigenvalue weighted by molar-refractivity contribution is 7.09. The van der Waals surface area contributed by atoms with Crippen molar-refractivity contribution in [1.82, 2.24) is 15.6 Å². The van der Waals surface area contributed by atoms with Crippen LogP contribution in [0.4, 0.5) is 4.79 Å². The number of rotatable bonds is 4. The Morgan fingerprint density at radius 3 is 2.89 bits per heavy atom. The molecule has 1 aromatic rings. The largest absolute Gasteiger partial charge is 0.481 e. The summed E-state index contributed by atoms with van der Waals surface area (Å²) in [6.07, 6.45) is 4.91. The predicted molar refractivity (Wildman–Crippen MR) is 70.9 cm³/mol. The molecule has 0 spiro atoms. The molecule has 2 amide bonds. The number of hydrogen-bond acceptors (Lipinski definition) is 4. The van der Waals surface area contributed by atoms with Gasteiger partial charge in [0.15, 0.2) is 0 Å². The number of amides is 2. The molecule has 0 saturated heterocycles. The van der Waals surface area contributed by atoms with E-state index < -0.39 is 11.9 Å². The van der Waals surface area contributed by atoms with Crippen molar-refractivity contribution >= 4 is 23.3 Å². The quantitative estimate of drug-likeness (QED) is 0.782. The molecule has 0 radical (unpaired) electrons. The fraction of sp³-hybridized carbons (Fsp3) is 0.583. The Morgan fingerprint density at radius 2 is 2.21 bits per heavy atom. The first-order valence-electron chi connectivity index (χ1n) is 6.32. The van der Waals surface area contributed by atoms with Crippen LogP contribution in [-0.2, 0) is 11.3 Å². The highest BCUT2D eigenvalue weighted by Gasteiger charge is 2.31. The van der Waals surface area contributed by atoms with Gasteiger partial charge in [0, 0.05) is 17.6 Å². The summed E-state index contributed by atoms with van der Waals surface area (Å²) in [5, 5.41) is 17.2. The number of carboxylic acid groups (broad SMARTS) is 1. The normalized spacial score (nSPS) is 22.7. The second kappa shape index (κ2) is 6.51. The van der Waals surface area contributed by atoms with Gasteiger partial charge in [0.1, 0.15) is 5.01 Å². The standard InChI is InChI=1S/C12H17N3O3S/c16-11(17)8-3-1-2-4-9(8)15-12(18)14-7-10-13-5-6-19-10/h5-6,8-9H,1-4,7H2,(H,16,17)(H2,14,15,18). The Morgan fingerprint density at radius 1 is 1.42 bits per heavy atom. The first-order chi connectivity index (χ1) is 9.16. The van der Waals surface area contributed by atoms with Crippen LogP contribution >= 0.6 is 11.3 Å². The number of aromatic nitrogens is 1. The molecule has 2 unspecified atom stereocenters. The van der Waals surface area contributed by atoms with Gasteiger partial charge in [-0.3, -0.25) is 4.79 Å². The van der Waals surface area contributed by atoms with E-state index >= 15 is 0 Å². The summed E-state index contributed by atoms with van der Waals surface area (Å²) < 4.78 is 0. The van der Waals surface area contributed by atoms with Crippen molar-refractivity contribution in [2.75, 3.05) is 0 Å². The van der Waals surface area contributed by atoms with Gasteiger partial charge in [0.2, 0.25) is 0 Å². The van der Waals surface area contributed by atoms with E-state index in [-0.39, 0.29) is 12.1 Å². The lowest BCUT2D eigenvalue weighted by Crippen LogP contribution is -2.48. The molecule has 1 heterocycles. The van der Waals surface area contributed by atoms with Crippen molar-refractivity contribution in [2.45, 2.75) is 38.3 Å². The molecule has 0 bridgehead atoms. The van der Waals surface area contributed by atoms with E-state index in [2.05, 4.69) is 15.6 Å². The fourth-order valence-electron chi connectivity index (χ4n) is 2.31. The van der Waals surface area contributed by atoms with Crippen LogP contribution in [0.1, 0.15) is 30.7 Å². The Hall–Kier alpha value is -1.63. The summed E-state index contributed by atoms with van der Waals surface area (Å²) >= 11 is 1.47. The first kappa shape index (κ1) is 13.8. The number of thiazole rings is 1. The number of carbonyl (C=O) groups is 2. The van der Waals surface area contributed by atoms with Crippen LogP contribution < -0.4 is 10.6 Å². The van der Waals surface area contributed by atoms with E-state index in [0.29, 0.717) is 13.0 Å². The molecule has 3 N–H and O–H groups in total. The third-order valence-corrected chi connectivity index (χ3v) is 4.06. The maximum Gasteiger partial charge on any atom is 0.315 e. The molecular weight excluding hydrogens is 266 g/mol. The molecule has 0 aliphatic heterocycles. The number of urea groups is 1. The van der Waals surface area contributed by atoms with E-state index in [1.807, 2.05) is 5.38 Å². The number of carbonyl (C=O) groups excluding carboxylic acids is 1. The molecule has 6 nitrogen and oxygen atoms in total. The number of carboxylic acids is 1. The molecule has 1 saturated carbocycles. The Kier molecular flexibility index (Phi) is 4.73. The van der Waals surface area contributed by atoms with Gasteiger partial charge in [0.25, 0.3) is 0 Å². The van der Waals surface area contributed by atoms with E-state index in [9.17, 15) is 9.59 Å². The smallest absolute Gasteiger partial charge is 0.315 e. The van der Waals surface area contributed by atoms with Gasteiger partial charge in [-0.15, -0.1) is 11.3 Å². The van der Waals surface area contributed by atoms with E-state index in [1.54, 1.807) is 6.20 Å². The average Bonchev–Trinajstić information content (AvgIpc) is 2.90. The molecule has 2 rings (SSSR count). The summed E-state index contributed by atoms with van der Waals surface area (Å²) in [4.78, 5) is 26.9. The molecule has 7 heteroatoms. The van der Waals surface area contributed by atoms with Crippen molar-refractivity contribution in [3.8, 4) is 0 Å². The second-order valence-electron chi connectivity index (χ2n) is 4.59. The molecule has 104 valence electrons. The maximum absolute atomic E-state index is 11.7. The van der Waals surface area contributed by atoms with Gasteiger partial charge >= 0.3 is 12.0 Å². The van der Waals surface area contributed by atoms with Crippen LogP contribution in [0.2, 0.25) is 0 Å². The van der Waals surface area contributed by atoms with Crippen molar-refractivity contribution in [1.29, 1.82) is 0 Å². The van der Waals surface area contributed by atoms with Crippen molar-refractivity contribution in [3.05, 3.63) is 16.6 Å². The summed E-state index contributed by atoms with van der Waals surface area (Å²) in [6, 6.07) is -0.601. The van der Waals surface area contributed by atoms with E-state index in [1.165, 1.54) is 11.3 Å². The van der Waals surface area contributed by atoms with Crippen molar-refractivity contribution in [2.24, 2.45) is 5.92 Å². The molecule has 1 aliphatic carbocycles. The summed E-state index contributed by atoms with van der Waals surface area (Å²) in [7, 11) is 0. The molecule has 2 atom stereocenters. The van der Waals surface area contributed by atoms with Gasteiger partial charge in [-0.05, 0) is 12.8 Å². The van der Waals surface area contributed by atoms with Gasteiger partial charge in [-0.1, -0.05) is 12.8 Å². The SMILES string of the molecule is O=C(NCc1nccs1)NC1CCCCC1C(=O)O. The lowest BCUT2D eigenvalue weighted by atomic mass is 9.84. The second-order valence-corrected chi connectivity index (χ2v) is 5.57. The molecule has 1 fully saturated rings. The predicted octanol–water partition coefficient (Wildman–Crippen LogP) is 1.59. The average molecular weight is 283 g/mol. The third kappa shape index (κ3) is 3.92. The summed E-state index contributed by atoms with van der Waals surface area (Å²) in [5.41, 5.74) is 0. The molecule has 19 heavy (non-hydrogen) atoms. The monoisotopic (exact) mass is 283 g/mol. The number of nitrogens with zero attached hydrogens (tertiary/aromatic N) is 1. The van der Waals surface area contributed by atoms with E-state index in [4.69, 9.17) is 5.11 Å². The van der Waals surface area contributed by atoms with Gasteiger partial charge < -0.3 is 15.7 Å². The number of aliphatic carboxylic acids is 1. The Bertz CT molecular complexity index is 435. The zero-order valence-electron chi connectivity index (χ0n) is 10.5. The molecule has 1 aliphatic rings. The highest BCUT2D eigenvalue weighted by Crippen LogP contribution is 2.24. The van der Waals surface area contributed by atoms with E-state index in [0.717, 1.165) is 24.3 Å². The summed E-state index contributed by atoms with van der Waals surface area (Å²) in [6.45, 7) is 0.369. The number of nitrogens with one attached hydrogen (secondary N) is 2. The molecule has 1 aromatic heterocycles. The van der Waals surface area contributed by atoms with Crippen LogP contribution in [0.25, 0.3) is 0 Å². The Labute approximate surface area is 115 Å². The van der Waals surface area contributed by atoms with Crippen LogP contribution in [0.5, 0.6) is 0 Å². The zero-order chi connectivity index (χ0) is 13.7. The lowest BCUT2D eigenvalue weighted by molar-refractivity contribution is -0.143. The minimum Gasteiger partial charge on any atom is -0.481 e. The van der Waals surface area contributed by atoms with Gasteiger partial charge in [-0.25, -0.2) is 9.78 Å². The number of hydrogen-bond donors (Lipinski definition) is 3. The summed E-state index contributed by atoms with van der Waals surface area (Å²) in [5.74, 6) is -1.30. The van der Waals surface area contributed by atoms with Gasteiger partial charge in [-0.2, -0.15) is 0 Å². The van der Waals surface area contributed by atoms with Crippen LogP contribution in [0.15, 0.2) is 11.6 Å².